The highest BCUT2D eigenvalue weighted by Crippen LogP contribution is 2.27. The molecule has 1 aliphatic heterocycles. The fourth-order valence-electron chi connectivity index (χ4n) is 3.40. The van der Waals surface area contributed by atoms with E-state index in [1.807, 2.05) is 54.6 Å². The van der Waals surface area contributed by atoms with Gasteiger partial charge in [-0.15, -0.1) is 0 Å². The maximum absolute atomic E-state index is 13.3. The summed E-state index contributed by atoms with van der Waals surface area (Å²) in [7, 11) is 0. The summed E-state index contributed by atoms with van der Waals surface area (Å²) in [5, 5.41) is 0.785. The normalized spacial score (nSPS) is 12.3. The van der Waals surface area contributed by atoms with Crippen molar-refractivity contribution in [2.75, 3.05) is 5.73 Å². The highest BCUT2D eigenvalue weighted by Gasteiger charge is 2.23. The van der Waals surface area contributed by atoms with Gasteiger partial charge in [-0.05, 0) is 41.6 Å². The van der Waals surface area contributed by atoms with Gasteiger partial charge in [-0.25, -0.2) is 0 Å². The lowest BCUT2D eigenvalue weighted by Crippen LogP contribution is -2.38. The van der Waals surface area contributed by atoms with Crippen LogP contribution in [0.15, 0.2) is 77.6 Å². The molecule has 0 fully saturated rings. The van der Waals surface area contributed by atoms with Gasteiger partial charge >= 0.3 is 0 Å². The van der Waals surface area contributed by atoms with E-state index < -0.39 is 6.04 Å². The Bertz CT molecular complexity index is 1170. The predicted molar refractivity (Wildman–Crippen MR) is 108 cm³/mol. The van der Waals surface area contributed by atoms with Gasteiger partial charge in [0.2, 0.25) is 11.3 Å². The quantitative estimate of drug-likeness (QED) is 0.436. The van der Waals surface area contributed by atoms with Crippen molar-refractivity contribution in [2.45, 2.75) is 12.5 Å². The number of rotatable bonds is 3. The number of nitrogen functional groups attached to an aromatic ring is 1. The van der Waals surface area contributed by atoms with Crippen LogP contribution in [0.1, 0.15) is 10.4 Å². The molecule has 2 aliphatic rings. The minimum atomic E-state index is -0.737. The first-order chi connectivity index (χ1) is 13.1. The summed E-state index contributed by atoms with van der Waals surface area (Å²) in [5.41, 5.74) is 14.5. The molecule has 2 aromatic carbocycles. The topological polar surface area (TPSA) is 91.1 Å². The van der Waals surface area contributed by atoms with Crippen molar-refractivity contribution in [3.63, 3.8) is 0 Å². The van der Waals surface area contributed by atoms with Crippen LogP contribution in [0, 0.1) is 0 Å². The fourth-order valence-corrected chi connectivity index (χ4v) is 3.40. The molecule has 1 aliphatic carbocycles. The Morgan fingerprint density at radius 3 is 2.44 bits per heavy atom. The number of para-hydroxylation sites is 1. The lowest BCUT2D eigenvalue weighted by atomic mass is 10.0. The summed E-state index contributed by atoms with van der Waals surface area (Å²) < 4.78 is 1.54. The van der Waals surface area contributed by atoms with Crippen LogP contribution in [0.25, 0.3) is 22.2 Å². The summed E-state index contributed by atoms with van der Waals surface area (Å²) in [6.07, 6.45) is 0.413. The van der Waals surface area contributed by atoms with Gasteiger partial charge in [0.15, 0.2) is 0 Å². The minimum Gasteiger partial charge on any atom is -0.396 e. The summed E-state index contributed by atoms with van der Waals surface area (Å²) in [6, 6.07) is 21.3. The van der Waals surface area contributed by atoms with Crippen LogP contribution < -0.4 is 16.9 Å². The van der Waals surface area contributed by atoms with Crippen molar-refractivity contribution in [1.29, 1.82) is 0 Å². The third-order valence-corrected chi connectivity index (χ3v) is 4.76. The zero-order valence-corrected chi connectivity index (χ0v) is 14.6. The number of fused-ring (bicyclic) bond motifs is 2. The summed E-state index contributed by atoms with van der Waals surface area (Å²) in [5.74, 6) is -0.259. The monoisotopic (exact) mass is 357 g/mol. The van der Waals surface area contributed by atoms with Crippen molar-refractivity contribution in [3.05, 3.63) is 88.6 Å². The van der Waals surface area contributed by atoms with E-state index in [0.717, 1.165) is 10.9 Å². The van der Waals surface area contributed by atoms with Gasteiger partial charge in [0.25, 0.3) is 0 Å². The van der Waals surface area contributed by atoms with E-state index in [1.165, 1.54) is 6.07 Å². The van der Waals surface area contributed by atoms with Crippen molar-refractivity contribution < 1.29 is 4.79 Å². The number of hydrogen-bond donors (Lipinski definition) is 2. The smallest absolute Gasteiger partial charge is 0.248 e. The lowest BCUT2D eigenvalue weighted by Gasteiger charge is -2.21. The number of pyridine rings is 1. The summed E-state index contributed by atoms with van der Waals surface area (Å²) in [6.45, 7) is 0. The second kappa shape index (κ2) is 6.70. The number of nitrogens with two attached hydrogens (primary N) is 2. The molecule has 0 saturated heterocycles. The van der Waals surface area contributed by atoms with E-state index in [4.69, 9.17) is 11.5 Å². The van der Waals surface area contributed by atoms with Gasteiger partial charge in [-0.2, -0.15) is 0 Å². The SMILES string of the molecule is Nc1ccc2n(C(=O)[C@@H](N)Cc3ccccc3)c3ccccc3cc-2c1=O. The first-order valence-corrected chi connectivity index (χ1v) is 8.73. The number of carbonyl (C=O) groups is 1. The Balaban J connectivity index is 1.89. The van der Waals surface area contributed by atoms with Crippen LogP contribution in [0.3, 0.4) is 0 Å². The predicted octanol–water partition coefficient (Wildman–Crippen LogP) is 2.90. The van der Waals surface area contributed by atoms with E-state index in [-0.39, 0.29) is 17.0 Å². The number of nitrogens with zero attached hydrogens (tertiary/aromatic N) is 1. The van der Waals surface area contributed by atoms with Crippen LogP contribution >= 0.6 is 0 Å². The molecule has 4 rings (SSSR count). The molecule has 0 spiro atoms. The zero-order valence-electron chi connectivity index (χ0n) is 14.6. The number of carbonyl (C=O) groups excluding carboxylic acids is 1. The van der Waals surface area contributed by atoms with Gasteiger partial charge in [-0.1, -0.05) is 48.5 Å². The third kappa shape index (κ3) is 2.98. The Morgan fingerprint density at radius 1 is 0.963 bits per heavy atom. The number of hydrogen-bond acceptors (Lipinski definition) is 4. The van der Waals surface area contributed by atoms with Gasteiger partial charge in [0, 0.05) is 5.56 Å². The molecule has 27 heavy (non-hydrogen) atoms. The molecule has 1 heterocycles. The zero-order chi connectivity index (χ0) is 19.0. The summed E-state index contributed by atoms with van der Waals surface area (Å²) >= 11 is 0. The minimum absolute atomic E-state index is 0.158. The molecular formula is C22H19N3O2. The largest absolute Gasteiger partial charge is 0.396 e. The van der Waals surface area contributed by atoms with E-state index >= 15 is 0 Å². The van der Waals surface area contributed by atoms with E-state index in [0.29, 0.717) is 23.2 Å². The molecule has 5 heteroatoms. The highest BCUT2D eigenvalue weighted by molar-refractivity contribution is 5.99. The van der Waals surface area contributed by atoms with E-state index in [9.17, 15) is 9.59 Å². The first kappa shape index (κ1) is 17.0. The van der Waals surface area contributed by atoms with Gasteiger partial charge < -0.3 is 11.5 Å². The van der Waals surface area contributed by atoms with Crippen molar-refractivity contribution in [2.24, 2.45) is 5.73 Å². The van der Waals surface area contributed by atoms with Gasteiger partial charge in [-0.3, -0.25) is 14.2 Å². The van der Waals surface area contributed by atoms with Crippen molar-refractivity contribution in [3.8, 4) is 11.3 Å². The van der Waals surface area contributed by atoms with Crippen molar-refractivity contribution in [1.82, 2.24) is 4.57 Å². The first-order valence-electron chi connectivity index (χ1n) is 8.73. The molecule has 134 valence electrons. The van der Waals surface area contributed by atoms with Crippen LogP contribution in [0.2, 0.25) is 0 Å². The second-order valence-electron chi connectivity index (χ2n) is 6.59. The number of aromatic nitrogens is 1. The summed E-state index contributed by atoms with van der Waals surface area (Å²) in [4.78, 5) is 25.8. The van der Waals surface area contributed by atoms with Crippen LogP contribution in [-0.4, -0.2) is 16.5 Å². The molecule has 5 nitrogen and oxygen atoms in total. The molecule has 2 aromatic rings. The van der Waals surface area contributed by atoms with E-state index in [2.05, 4.69) is 0 Å². The van der Waals surface area contributed by atoms with E-state index in [1.54, 1.807) is 16.7 Å². The maximum atomic E-state index is 13.3. The molecule has 0 saturated carbocycles. The van der Waals surface area contributed by atoms with Gasteiger partial charge in [0.1, 0.15) is 0 Å². The average Bonchev–Trinajstić information content (AvgIpc) is 2.69. The Hall–Kier alpha value is -3.44. The van der Waals surface area contributed by atoms with Crippen molar-refractivity contribution >= 4 is 22.5 Å². The third-order valence-electron chi connectivity index (χ3n) is 4.76. The molecule has 0 bridgehead atoms. The highest BCUT2D eigenvalue weighted by atomic mass is 16.2. The molecule has 0 amide bonds. The Kier molecular flexibility index (Phi) is 4.22. The molecule has 1 atom stereocenters. The van der Waals surface area contributed by atoms with Crippen LogP contribution in [0.4, 0.5) is 5.69 Å². The van der Waals surface area contributed by atoms with Gasteiger partial charge in [0.05, 0.1) is 22.9 Å². The molecule has 0 unspecified atom stereocenters. The number of anilines is 1. The standard InChI is InChI=1S/C22H19N3O2/c23-17-10-11-20-16(21(17)26)13-15-8-4-5-9-19(15)25(20)22(27)18(24)12-14-6-2-1-3-7-14/h1-11,13,18H,12,23-24H2/t18-/m0/s1. The van der Waals surface area contributed by atoms with Crippen LogP contribution in [-0.2, 0) is 6.42 Å². The second-order valence-corrected chi connectivity index (χ2v) is 6.59. The Labute approximate surface area is 156 Å². The molecule has 0 radical (unpaired) electrons. The van der Waals surface area contributed by atoms with Crippen LogP contribution in [0.5, 0.6) is 0 Å². The lowest BCUT2D eigenvalue weighted by molar-refractivity contribution is 0.0885. The maximum Gasteiger partial charge on any atom is 0.248 e. The Morgan fingerprint density at radius 2 is 1.67 bits per heavy atom. The molecule has 4 N–H and O–H groups in total. The molecule has 0 aromatic heterocycles. The fraction of sp³-hybridized carbons (Fsp3) is 0.0909. The number of benzene rings is 3. The molecular weight excluding hydrogens is 338 g/mol. The average molecular weight is 357 g/mol.